The predicted molar refractivity (Wildman–Crippen MR) is 111 cm³/mol. The Bertz CT molecular complexity index is 1020. The number of piperazine rings is 1. The molecule has 1 fully saturated rings. The highest BCUT2D eigenvalue weighted by molar-refractivity contribution is 5.94. The first-order chi connectivity index (χ1) is 14.6. The number of aromatic nitrogens is 2. The van der Waals surface area contributed by atoms with Crippen LogP contribution in [-0.4, -0.2) is 64.4 Å². The first kappa shape index (κ1) is 19.8. The van der Waals surface area contributed by atoms with Gasteiger partial charge in [-0.05, 0) is 38.1 Å². The molecule has 0 aliphatic carbocycles. The molecule has 0 N–H and O–H groups in total. The second-order valence-electron chi connectivity index (χ2n) is 7.12. The average molecular weight is 408 g/mol. The van der Waals surface area contributed by atoms with Crippen LogP contribution >= 0.6 is 0 Å². The van der Waals surface area contributed by atoms with E-state index in [1.807, 2.05) is 37.3 Å². The molecule has 0 spiro atoms. The number of carbonyl (C=O) groups is 2. The standard InChI is InChI=1S/C22H24N4O4/c1-3-29-22(28)25-12-10-24(11-13-25)21(27)19-15-18(20-5-4-14-30-20)23-26(19)17-8-6-16(2)7-9-17/h4-9,14-15H,3,10-13H2,1-2H3. The lowest BCUT2D eigenvalue weighted by molar-refractivity contribution is 0.0563. The summed E-state index contributed by atoms with van der Waals surface area (Å²) >= 11 is 0. The third-order valence-electron chi connectivity index (χ3n) is 5.07. The van der Waals surface area contributed by atoms with Crippen LogP contribution in [0.3, 0.4) is 0 Å². The fourth-order valence-corrected chi connectivity index (χ4v) is 3.43. The monoisotopic (exact) mass is 408 g/mol. The lowest BCUT2D eigenvalue weighted by Gasteiger charge is -2.34. The zero-order chi connectivity index (χ0) is 21.1. The Morgan fingerprint density at radius 2 is 1.77 bits per heavy atom. The summed E-state index contributed by atoms with van der Waals surface area (Å²) in [5, 5.41) is 4.63. The highest BCUT2D eigenvalue weighted by atomic mass is 16.6. The Morgan fingerprint density at radius 3 is 2.40 bits per heavy atom. The van der Waals surface area contributed by atoms with E-state index in [0.29, 0.717) is 49.9 Å². The summed E-state index contributed by atoms with van der Waals surface area (Å²) in [6, 6.07) is 13.2. The van der Waals surface area contributed by atoms with Gasteiger partial charge in [0.25, 0.3) is 5.91 Å². The van der Waals surface area contributed by atoms with Crippen LogP contribution in [0.5, 0.6) is 0 Å². The highest BCUT2D eigenvalue weighted by Crippen LogP contribution is 2.24. The highest BCUT2D eigenvalue weighted by Gasteiger charge is 2.28. The van der Waals surface area contributed by atoms with E-state index in [0.717, 1.165) is 11.3 Å². The van der Waals surface area contributed by atoms with Gasteiger partial charge in [0.15, 0.2) is 5.76 Å². The predicted octanol–water partition coefficient (Wildman–Crippen LogP) is 3.36. The van der Waals surface area contributed by atoms with Crippen molar-refractivity contribution in [1.82, 2.24) is 19.6 Å². The van der Waals surface area contributed by atoms with Crippen molar-refractivity contribution < 1.29 is 18.7 Å². The Labute approximate surface area is 174 Å². The van der Waals surface area contributed by atoms with Gasteiger partial charge in [0, 0.05) is 32.2 Å². The molecule has 1 aliphatic rings. The number of benzene rings is 1. The largest absolute Gasteiger partial charge is 0.463 e. The van der Waals surface area contributed by atoms with E-state index < -0.39 is 0 Å². The minimum absolute atomic E-state index is 0.135. The summed E-state index contributed by atoms with van der Waals surface area (Å²) < 4.78 is 12.2. The lowest BCUT2D eigenvalue weighted by Crippen LogP contribution is -2.51. The normalized spacial score (nSPS) is 14.1. The van der Waals surface area contributed by atoms with Gasteiger partial charge >= 0.3 is 6.09 Å². The average Bonchev–Trinajstić information content (AvgIpc) is 3.44. The summed E-state index contributed by atoms with van der Waals surface area (Å²) in [6.07, 6.45) is 1.24. The summed E-state index contributed by atoms with van der Waals surface area (Å²) in [4.78, 5) is 28.6. The molecule has 8 heteroatoms. The molecular formula is C22H24N4O4. The fourth-order valence-electron chi connectivity index (χ4n) is 3.43. The smallest absolute Gasteiger partial charge is 0.409 e. The molecule has 1 aromatic carbocycles. The summed E-state index contributed by atoms with van der Waals surface area (Å²) in [5.74, 6) is 0.464. The summed E-state index contributed by atoms with van der Waals surface area (Å²) in [5.41, 5.74) is 2.97. The van der Waals surface area contributed by atoms with E-state index >= 15 is 0 Å². The van der Waals surface area contributed by atoms with E-state index in [4.69, 9.17) is 9.15 Å². The molecular weight excluding hydrogens is 384 g/mol. The molecule has 3 heterocycles. The number of hydrogen-bond acceptors (Lipinski definition) is 5. The van der Waals surface area contributed by atoms with Crippen LogP contribution in [0.2, 0.25) is 0 Å². The number of nitrogens with zero attached hydrogens (tertiary/aromatic N) is 4. The topological polar surface area (TPSA) is 80.8 Å². The molecule has 3 aromatic rings. The molecule has 4 rings (SSSR count). The maximum absolute atomic E-state index is 13.3. The van der Waals surface area contributed by atoms with Crippen molar-refractivity contribution in [3.63, 3.8) is 0 Å². The number of amides is 2. The van der Waals surface area contributed by atoms with Crippen LogP contribution in [0.15, 0.2) is 53.1 Å². The van der Waals surface area contributed by atoms with Crippen LogP contribution in [0.25, 0.3) is 17.1 Å². The molecule has 0 radical (unpaired) electrons. The molecule has 156 valence electrons. The van der Waals surface area contributed by atoms with E-state index in [1.165, 1.54) is 0 Å². The van der Waals surface area contributed by atoms with Crippen molar-refractivity contribution in [1.29, 1.82) is 0 Å². The van der Waals surface area contributed by atoms with E-state index in [9.17, 15) is 9.59 Å². The van der Waals surface area contributed by atoms with E-state index in [2.05, 4.69) is 5.10 Å². The first-order valence-electron chi connectivity index (χ1n) is 9.98. The minimum atomic E-state index is -0.339. The quantitative estimate of drug-likeness (QED) is 0.661. The van der Waals surface area contributed by atoms with Gasteiger partial charge in [0.2, 0.25) is 0 Å². The molecule has 30 heavy (non-hydrogen) atoms. The van der Waals surface area contributed by atoms with Crippen LogP contribution in [0, 0.1) is 6.92 Å². The number of rotatable bonds is 4. The lowest BCUT2D eigenvalue weighted by atomic mass is 10.2. The number of hydrogen-bond donors (Lipinski definition) is 0. The molecule has 0 unspecified atom stereocenters. The molecule has 0 atom stereocenters. The van der Waals surface area contributed by atoms with Gasteiger partial charge in [-0.2, -0.15) is 5.10 Å². The number of carbonyl (C=O) groups excluding carboxylic acids is 2. The van der Waals surface area contributed by atoms with Gasteiger partial charge in [-0.15, -0.1) is 0 Å². The summed E-state index contributed by atoms with van der Waals surface area (Å²) in [6.45, 7) is 5.88. The third kappa shape index (κ3) is 3.94. The Morgan fingerprint density at radius 1 is 1.07 bits per heavy atom. The zero-order valence-corrected chi connectivity index (χ0v) is 17.1. The van der Waals surface area contributed by atoms with Gasteiger partial charge in [-0.1, -0.05) is 17.7 Å². The Balaban J connectivity index is 1.60. The van der Waals surface area contributed by atoms with E-state index in [-0.39, 0.29) is 12.0 Å². The third-order valence-corrected chi connectivity index (χ3v) is 5.07. The SMILES string of the molecule is CCOC(=O)N1CCN(C(=O)c2cc(-c3ccco3)nn2-c2ccc(C)cc2)CC1. The maximum Gasteiger partial charge on any atom is 0.409 e. The molecule has 2 aromatic heterocycles. The van der Waals surface area contributed by atoms with Gasteiger partial charge in [-0.25, -0.2) is 9.48 Å². The van der Waals surface area contributed by atoms with Crippen LogP contribution < -0.4 is 0 Å². The van der Waals surface area contributed by atoms with Gasteiger partial charge < -0.3 is 19.0 Å². The maximum atomic E-state index is 13.3. The van der Waals surface area contributed by atoms with Crippen LogP contribution in [0.4, 0.5) is 4.79 Å². The Kier molecular flexibility index (Phi) is 5.56. The van der Waals surface area contributed by atoms with Gasteiger partial charge in [0.05, 0.1) is 18.6 Å². The molecule has 8 nitrogen and oxygen atoms in total. The van der Waals surface area contributed by atoms with Crippen molar-refractivity contribution in [2.75, 3.05) is 32.8 Å². The number of aryl methyl sites for hydroxylation is 1. The molecule has 0 bridgehead atoms. The van der Waals surface area contributed by atoms with E-state index in [1.54, 1.807) is 39.8 Å². The Hall–Kier alpha value is -3.55. The first-order valence-corrected chi connectivity index (χ1v) is 9.98. The second kappa shape index (κ2) is 8.44. The minimum Gasteiger partial charge on any atom is -0.463 e. The molecule has 2 amide bonds. The summed E-state index contributed by atoms with van der Waals surface area (Å²) in [7, 11) is 0. The van der Waals surface area contributed by atoms with Crippen molar-refractivity contribution in [2.45, 2.75) is 13.8 Å². The van der Waals surface area contributed by atoms with Gasteiger partial charge in [0.1, 0.15) is 11.4 Å². The van der Waals surface area contributed by atoms with Crippen molar-refractivity contribution in [3.05, 3.63) is 60.0 Å². The van der Waals surface area contributed by atoms with Crippen LogP contribution in [0.1, 0.15) is 23.0 Å². The zero-order valence-electron chi connectivity index (χ0n) is 17.1. The van der Waals surface area contributed by atoms with Crippen molar-refractivity contribution in [3.8, 4) is 17.1 Å². The molecule has 1 saturated heterocycles. The second-order valence-corrected chi connectivity index (χ2v) is 7.12. The van der Waals surface area contributed by atoms with Crippen molar-refractivity contribution >= 4 is 12.0 Å². The number of furan rings is 1. The molecule has 0 saturated carbocycles. The number of ether oxygens (including phenoxy) is 1. The molecule has 1 aliphatic heterocycles. The van der Waals surface area contributed by atoms with Gasteiger partial charge in [-0.3, -0.25) is 4.79 Å². The fraction of sp³-hybridized carbons (Fsp3) is 0.318. The van der Waals surface area contributed by atoms with Crippen LogP contribution in [-0.2, 0) is 4.74 Å². The van der Waals surface area contributed by atoms with Crippen molar-refractivity contribution in [2.24, 2.45) is 0 Å².